The van der Waals surface area contributed by atoms with E-state index >= 15 is 0 Å². The van der Waals surface area contributed by atoms with Gasteiger partial charge in [0.25, 0.3) is 11.8 Å². The van der Waals surface area contributed by atoms with E-state index in [1.54, 1.807) is 24.3 Å². The molecule has 0 bridgehead atoms. The summed E-state index contributed by atoms with van der Waals surface area (Å²) in [5, 5.41) is 11.4. The first-order valence-corrected chi connectivity index (χ1v) is 14.9. The van der Waals surface area contributed by atoms with Crippen LogP contribution in [0, 0.1) is 0 Å². The van der Waals surface area contributed by atoms with Crippen molar-refractivity contribution in [2.24, 2.45) is 0 Å². The quantitative estimate of drug-likeness (QED) is 0.107. The first-order chi connectivity index (χ1) is 22.5. The van der Waals surface area contributed by atoms with Crippen molar-refractivity contribution < 1.29 is 27.2 Å². The number of likely N-dealkylation sites (tertiary alicyclic amines) is 1. The van der Waals surface area contributed by atoms with Crippen LogP contribution >= 0.6 is 0 Å². The van der Waals surface area contributed by atoms with E-state index < -0.39 is 35.2 Å². The molecule has 0 aliphatic carbocycles. The van der Waals surface area contributed by atoms with Crippen molar-refractivity contribution in [1.82, 2.24) is 20.2 Å². The molecular formula is C34H33F4N7O2. The predicted octanol–water partition coefficient (Wildman–Crippen LogP) is 7.14. The number of halogens is 4. The molecule has 3 aromatic carbocycles. The van der Waals surface area contributed by atoms with Gasteiger partial charge in [-0.1, -0.05) is 43.0 Å². The fourth-order valence-corrected chi connectivity index (χ4v) is 5.34. The molecule has 1 unspecified atom stereocenters. The minimum atomic E-state index is -4.74. The number of para-hydroxylation sites is 1. The van der Waals surface area contributed by atoms with E-state index in [9.17, 15) is 27.2 Å². The molecular weight excluding hydrogens is 614 g/mol. The molecule has 47 heavy (non-hydrogen) atoms. The second-order valence-electron chi connectivity index (χ2n) is 11.0. The number of carbonyl (C=O) groups is 2. The van der Waals surface area contributed by atoms with Gasteiger partial charge in [-0.05, 0) is 60.4 Å². The van der Waals surface area contributed by atoms with Crippen molar-refractivity contribution >= 4 is 40.6 Å². The maximum Gasteiger partial charge on any atom is 0.421 e. The molecule has 2 amide bonds. The molecule has 9 nitrogen and oxygen atoms in total. The third-order valence-electron chi connectivity index (χ3n) is 7.75. The summed E-state index contributed by atoms with van der Waals surface area (Å²) < 4.78 is 54.8. The monoisotopic (exact) mass is 647 g/mol. The van der Waals surface area contributed by atoms with Crippen molar-refractivity contribution in [2.75, 3.05) is 36.1 Å². The van der Waals surface area contributed by atoms with E-state index in [2.05, 4.69) is 37.8 Å². The van der Waals surface area contributed by atoms with Crippen LogP contribution in [0.3, 0.4) is 0 Å². The third-order valence-corrected chi connectivity index (χ3v) is 7.75. The number of amides is 2. The van der Waals surface area contributed by atoms with Crippen LogP contribution in [0.1, 0.15) is 45.8 Å². The van der Waals surface area contributed by atoms with Gasteiger partial charge in [-0.3, -0.25) is 9.59 Å². The molecule has 0 spiro atoms. The average Bonchev–Trinajstić information content (AvgIpc) is 3.07. The zero-order valence-electron chi connectivity index (χ0n) is 25.5. The number of alkyl halides is 3. The normalized spacial score (nSPS) is 14.7. The predicted molar refractivity (Wildman–Crippen MR) is 172 cm³/mol. The third kappa shape index (κ3) is 8.23. The Morgan fingerprint density at radius 3 is 2.49 bits per heavy atom. The summed E-state index contributed by atoms with van der Waals surface area (Å²) in [4.78, 5) is 33.8. The maximum atomic E-state index is 13.8. The number of anilines is 5. The summed E-state index contributed by atoms with van der Waals surface area (Å²) in [6.07, 6.45) is -2.38. The molecule has 2 heterocycles. The van der Waals surface area contributed by atoms with Crippen molar-refractivity contribution in [3.8, 4) is 0 Å². The van der Waals surface area contributed by atoms with E-state index in [4.69, 9.17) is 0 Å². The molecule has 4 N–H and O–H groups in total. The lowest BCUT2D eigenvalue weighted by atomic mass is 9.90. The summed E-state index contributed by atoms with van der Waals surface area (Å²) in [6.45, 7) is 4.57. The molecule has 13 heteroatoms. The molecule has 1 atom stereocenters. The van der Waals surface area contributed by atoms with Crippen molar-refractivity contribution in [1.29, 1.82) is 0 Å². The van der Waals surface area contributed by atoms with E-state index in [1.165, 1.54) is 24.1 Å². The van der Waals surface area contributed by atoms with Gasteiger partial charge in [0, 0.05) is 50.2 Å². The van der Waals surface area contributed by atoms with Crippen LogP contribution < -0.4 is 21.3 Å². The van der Waals surface area contributed by atoms with Gasteiger partial charge in [0.2, 0.25) is 5.95 Å². The fourth-order valence-electron chi connectivity index (χ4n) is 5.34. The van der Waals surface area contributed by atoms with Crippen LogP contribution in [0.5, 0.6) is 0 Å². The number of rotatable bonds is 10. The van der Waals surface area contributed by atoms with Gasteiger partial charge >= 0.3 is 6.18 Å². The number of nitrogens with zero attached hydrogens (tertiary/aromatic N) is 3. The molecule has 4 aromatic rings. The van der Waals surface area contributed by atoms with Gasteiger partial charge in [0.05, 0.1) is 11.3 Å². The number of hydrogen-bond donors (Lipinski definition) is 4. The number of aromatic nitrogens is 2. The van der Waals surface area contributed by atoms with Crippen molar-refractivity contribution in [3.05, 3.63) is 114 Å². The lowest BCUT2D eigenvalue weighted by Crippen LogP contribution is -2.39. The molecule has 244 valence electrons. The van der Waals surface area contributed by atoms with Crippen LogP contribution in [0.25, 0.3) is 0 Å². The van der Waals surface area contributed by atoms with Crippen molar-refractivity contribution in [2.45, 2.75) is 31.5 Å². The Kier molecular flexibility index (Phi) is 10.0. The second-order valence-corrected chi connectivity index (χ2v) is 11.0. The highest BCUT2D eigenvalue weighted by atomic mass is 19.4. The van der Waals surface area contributed by atoms with Gasteiger partial charge in [0.15, 0.2) is 5.83 Å². The summed E-state index contributed by atoms with van der Waals surface area (Å²) in [5.41, 5.74) is 2.67. The minimum absolute atomic E-state index is 0.0700. The molecule has 1 aliphatic heterocycles. The van der Waals surface area contributed by atoms with Crippen LogP contribution in [-0.2, 0) is 17.5 Å². The molecule has 1 saturated heterocycles. The van der Waals surface area contributed by atoms with Crippen LogP contribution in [-0.4, -0.2) is 46.8 Å². The highest BCUT2D eigenvalue weighted by molar-refractivity contribution is 6.00. The zero-order chi connectivity index (χ0) is 33.6. The largest absolute Gasteiger partial charge is 0.421 e. The van der Waals surface area contributed by atoms with Gasteiger partial charge in [-0.2, -0.15) is 18.2 Å². The maximum absolute atomic E-state index is 13.8. The second kappa shape index (κ2) is 14.3. The Balaban J connectivity index is 1.24. The lowest BCUT2D eigenvalue weighted by molar-refractivity contribution is -0.137. The summed E-state index contributed by atoms with van der Waals surface area (Å²) in [5.74, 6) is -2.56. The van der Waals surface area contributed by atoms with Gasteiger partial charge in [-0.25, -0.2) is 9.37 Å². The Morgan fingerprint density at radius 1 is 1.00 bits per heavy atom. The van der Waals surface area contributed by atoms with E-state index in [0.29, 0.717) is 31.5 Å². The zero-order valence-corrected chi connectivity index (χ0v) is 25.5. The van der Waals surface area contributed by atoms with E-state index in [-0.39, 0.29) is 23.1 Å². The standard InChI is InChI=1S/C34H33F4N7O2/c1-21(35)32(47)45-16-6-8-24(20-45)23-7-5-9-26(17-23)40-18-22-12-14-25(15-13-22)42-33-41-19-28(34(36,37)38)30(44-33)43-29-11-4-3-10-27(29)31(46)39-2/h3-5,7,9-15,17,19,24,40H,1,6,8,16,18,20H2,2H3,(H,39,46)(H2,41,42,43,44). The molecule has 1 fully saturated rings. The summed E-state index contributed by atoms with van der Waals surface area (Å²) in [7, 11) is 1.43. The molecule has 0 radical (unpaired) electrons. The number of benzene rings is 3. The first kappa shape index (κ1) is 32.9. The van der Waals surface area contributed by atoms with Gasteiger partial charge in [0.1, 0.15) is 11.4 Å². The van der Waals surface area contributed by atoms with Crippen LogP contribution in [0.4, 0.5) is 46.4 Å². The highest BCUT2D eigenvalue weighted by Gasteiger charge is 2.35. The van der Waals surface area contributed by atoms with Gasteiger partial charge < -0.3 is 26.2 Å². The average molecular weight is 648 g/mol. The topological polar surface area (TPSA) is 111 Å². The molecule has 1 aromatic heterocycles. The lowest BCUT2D eigenvalue weighted by Gasteiger charge is -2.32. The Labute approximate surface area is 269 Å². The molecule has 1 aliphatic rings. The molecule has 5 rings (SSSR count). The summed E-state index contributed by atoms with van der Waals surface area (Å²) >= 11 is 0. The van der Waals surface area contributed by atoms with E-state index in [1.807, 2.05) is 36.4 Å². The van der Waals surface area contributed by atoms with Crippen molar-refractivity contribution in [3.63, 3.8) is 0 Å². The smallest absolute Gasteiger partial charge is 0.381 e. The highest BCUT2D eigenvalue weighted by Crippen LogP contribution is 2.36. The van der Waals surface area contributed by atoms with E-state index in [0.717, 1.165) is 29.7 Å². The number of nitrogens with one attached hydrogen (secondary N) is 4. The number of carbonyl (C=O) groups excluding carboxylic acids is 2. The van der Waals surface area contributed by atoms with Crippen LogP contribution in [0.2, 0.25) is 0 Å². The minimum Gasteiger partial charge on any atom is -0.381 e. The Morgan fingerprint density at radius 2 is 1.77 bits per heavy atom. The SMILES string of the molecule is C=C(F)C(=O)N1CCCC(c2cccc(NCc3ccc(Nc4ncc(C(F)(F)F)c(Nc5ccccc5C(=O)NC)n4)cc3)c2)C1. The Bertz CT molecular complexity index is 1760. The van der Waals surface area contributed by atoms with Gasteiger partial charge in [-0.15, -0.1) is 0 Å². The summed E-state index contributed by atoms with van der Waals surface area (Å²) in [6, 6.07) is 21.3. The first-order valence-electron chi connectivity index (χ1n) is 14.9. The Hall–Kier alpha value is -5.46. The molecule has 0 saturated carbocycles. The number of piperidine rings is 1. The fraction of sp³-hybridized carbons (Fsp3) is 0.235. The van der Waals surface area contributed by atoms with Crippen LogP contribution in [0.15, 0.2) is 91.4 Å². The number of hydrogen-bond acceptors (Lipinski definition) is 7.